The molecule has 0 bridgehead atoms. The molecule has 0 fully saturated rings. The van der Waals surface area contributed by atoms with E-state index in [0.29, 0.717) is 11.4 Å². The lowest BCUT2D eigenvalue weighted by molar-refractivity contribution is 0.559. The van der Waals surface area contributed by atoms with Crippen LogP contribution in [-0.2, 0) is 16.4 Å². The van der Waals surface area contributed by atoms with Crippen LogP contribution >= 0.6 is 23.2 Å². The minimum absolute atomic E-state index is 0.0925. The van der Waals surface area contributed by atoms with Gasteiger partial charge in [-0.1, -0.05) is 35.3 Å². The van der Waals surface area contributed by atoms with E-state index in [9.17, 15) is 8.42 Å². The Balaban J connectivity index is 2.05. The van der Waals surface area contributed by atoms with E-state index in [1.807, 2.05) is 12.1 Å². The number of aromatic nitrogens is 1. The van der Waals surface area contributed by atoms with Crippen LogP contribution in [-0.4, -0.2) is 19.4 Å². The van der Waals surface area contributed by atoms with Crippen molar-refractivity contribution in [3.8, 4) is 0 Å². The zero-order valence-electron chi connectivity index (χ0n) is 11.3. The number of halogens is 2. The van der Waals surface area contributed by atoms with Gasteiger partial charge in [0.15, 0.2) is 0 Å². The van der Waals surface area contributed by atoms with Crippen LogP contribution in [0.15, 0.2) is 47.5 Å². The first-order valence-corrected chi connectivity index (χ1v) is 8.49. The fraction of sp³-hybridized carbons (Fsp3) is 0.214. The van der Waals surface area contributed by atoms with Gasteiger partial charge in [0.1, 0.15) is 10.0 Å². The van der Waals surface area contributed by atoms with E-state index in [1.54, 1.807) is 19.1 Å². The van der Waals surface area contributed by atoms with Crippen molar-refractivity contribution in [3.63, 3.8) is 0 Å². The van der Waals surface area contributed by atoms with Crippen molar-refractivity contribution < 1.29 is 8.42 Å². The van der Waals surface area contributed by atoms with E-state index in [-0.39, 0.29) is 16.1 Å². The monoisotopic (exact) mass is 344 g/mol. The Morgan fingerprint density at radius 2 is 1.81 bits per heavy atom. The van der Waals surface area contributed by atoms with Gasteiger partial charge in [-0.15, -0.1) is 0 Å². The van der Waals surface area contributed by atoms with Crippen molar-refractivity contribution in [2.24, 2.45) is 0 Å². The van der Waals surface area contributed by atoms with Gasteiger partial charge in [0.25, 0.3) is 0 Å². The third-order valence-electron chi connectivity index (χ3n) is 2.82. The van der Waals surface area contributed by atoms with Crippen molar-refractivity contribution in [3.05, 3.63) is 58.3 Å². The van der Waals surface area contributed by atoms with Gasteiger partial charge in [0.2, 0.25) is 10.0 Å². The summed E-state index contributed by atoms with van der Waals surface area (Å²) >= 11 is 11.5. The highest BCUT2D eigenvalue weighted by atomic mass is 35.5. The molecule has 0 saturated heterocycles. The minimum Gasteiger partial charge on any atom is -0.243 e. The number of nitrogens with zero attached hydrogens (tertiary/aromatic N) is 1. The first kappa shape index (κ1) is 16.2. The quantitative estimate of drug-likeness (QED) is 0.846. The third kappa shape index (κ3) is 4.68. The number of hydrogen-bond acceptors (Lipinski definition) is 3. The summed E-state index contributed by atoms with van der Waals surface area (Å²) in [5.41, 5.74) is 1.00. The number of hydrogen-bond donors (Lipinski definition) is 1. The Labute approximate surface area is 134 Å². The summed E-state index contributed by atoms with van der Waals surface area (Å²) in [5.74, 6) is 0. The molecule has 0 saturated carbocycles. The smallest absolute Gasteiger partial charge is 0.242 e. The van der Waals surface area contributed by atoms with E-state index >= 15 is 0 Å². The van der Waals surface area contributed by atoms with Crippen molar-refractivity contribution >= 4 is 33.2 Å². The zero-order chi connectivity index (χ0) is 15.5. The molecule has 1 aromatic heterocycles. The standard InChI is InChI=1S/C14H14Cl2N2O2S/c1-10(8-11-2-4-12(15)5-3-11)18-21(19,20)13-6-7-14(16)17-9-13/h2-7,9-10,18H,8H2,1H3. The molecule has 0 spiro atoms. The molecule has 1 heterocycles. The average Bonchev–Trinajstić information content (AvgIpc) is 2.41. The maximum absolute atomic E-state index is 12.2. The second kappa shape index (κ2) is 6.75. The molecule has 2 rings (SSSR count). The second-order valence-corrected chi connectivity index (χ2v) is 7.21. The summed E-state index contributed by atoms with van der Waals surface area (Å²) < 4.78 is 27.0. The first-order chi connectivity index (χ1) is 9.87. The number of pyridine rings is 1. The minimum atomic E-state index is -3.60. The second-order valence-electron chi connectivity index (χ2n) is 4.67. The average molecular weight is 345 g/mol. The van der Waals surface area contributed by atoms with Gasteiger partial charge < -0.3 is 0 Å². The summed E-state index contributed by atoms with van der Waals surface area (Å²) in [7, 11) is -3.60. The van der Waals surface area contributed by atoms with E-state index in [4.69, 9.17) is 23.2 Å². The number of sulfonamides is 1. The molecule has 2 aromatic rings. The molecule has 0 aliphatic heterocycles. The van der Waals surface area contributed by atoms with Crippen molar-refractivity contribution in [1.82, 2.24) is 9.71 Å². The largest absolute Gasteiger partial charge is 0.243 e. The van der Waals surface area contributed by atoms with E-state index < -0.39 is 10.0 Å². The van der Waals surface area contributed by atoms with Gasteiger partial charge in [-0.25, -0.2) is 18.1 Å². The molecule has 0 amide bonds. The number of rotatable bonds is 5. The van der Waals surface area contributed by atoms with Crippen LogP contribution in [0.5, 0.6) is 0 Å². The van der Waals surface area contributed by atoms with E-state index in [1.165, 1.54) is 18.3 Å². The Hall–Kier alpha value is -1.14. The van der Waals surface area contributed by atoms with Crippen LogP contribution < -0.4 is 4.72 Å². The normalized spacial score (nSPS) is 13.1. The number of nitrogens with one attached hydrogen (secondary N) is 1. The van der Waals surface area contributed by atoms with Crippen LogP contribution in [0, 0.1) is 0 Å². The summed E-state index contributed by atoms with van der Waals surface area (Å²) in [6.07, 6.45) is 1.80. The highest BCUT2D eigenvalue weighted by Crippen LogP contribution is 2.14. The summed E-state index contributed by atoms with van der Waals surface area (Å²) in [5, 5.41) is 0.905. The van der Waals surface area contributed by atoms with Crippen LogP contribution in [0.4, 0.5) is 0 Å². The molecular formula is C14H14Cl2N2O2S. The van der Waals surface area contributed by atoms with E-state index in [0.717, 1.165) is 5.56 Å². The number of benzene rings is 1. The van der Waals surface area contributed by atoms with Crippen molar-refractivity contribution in [2.45, 2.75) is 24.3 Å². The lowest BCUT2D eigenvalue weighted by Gasteiger charge is -2.14. The van der Waals surface area contributed by atoms with Crippen LogP contribution in [0.3, 0.4) is 0 Å². The Morgan fingerprint density at radius 3 is 2.38 bits per heavy atom. The molecule has 0 radical (unpaired) electrons. The van der Waals surface area contributed by atoms with Crippen LogP contribution in [0.2, 0.25) is 10.2 Å². The topological polar surface area (TPSA) is 59.1 Å². The Kier molecular flexibility index (Phi) is 5.22. The Bertz CT molecular complexity index is 701. The third-order valence-corrected chi connectivity index (χ3v) is 4.87. The maximum atomic E-state index is 12.2. The Morgan fingerprint density at radius 1 is 1.14 bits per heavy atom. The summed E-state index contributed by atoms with van der Waals surface area (Å²) in [4.78, 5) is 3.87. The first-order valence-electron chi connectivity index (χ1n) is 6.25. The molecule has 0 aliphatic carbocycles. The van der Waals surface area contributed by atoms with E-state index in [2.05, 4.69) is 9.71 Å². The summed E-state index contributed by atoms with van der Waals surface area (Å²) in [6, 6.07) is 9.91. The predicted molar refractivity (Wildman–Crippen MR) is 84.2 cm³/mol. The maximum Gasteiger partial charge on any atom is 0.242 e. The zero-order valence-corrected chi connectivity index (χ0v) is 13.6. The van der Waals surface area contributed by atoms with Crippen molar-refractivity contribution in [2.75, 3.05) is 0 Å². The molecule has 0 aliphatic rings. The molecule has 1 unspecified atom stereocenters. The SMILES string of the molecule is CC(Cc1ccc(Cl)cc1)NS(=O)(=O)c1ccc(Cl)nc1. The predicted octanol–water partition coefficient (Wildman–Crippen LogP) is 3.30. The van der Waals surface area contributed by atoms with Gasteiger partial charge in [-0.05, 0) is 43.2 Å². The molecule has 21 heavy (non-hydrogen) atoms. The van der Waals surface area contributed by atoms with Gasteiger partial charge in [0, 0.05) is 17.3 Å². The molecule has 4 nitrogen and oxygen atoms in total. The van der Waals surface area contributed by atoms with Crippen molar-refractivity contribution in [1.29, 1.82) is 0 Å². The molecular weight excluding hydrogens is 331 g/mol. The molecule has 1 aromatic carbocycles. The van der Waals surface area contributed by atoms with Gasteiger partial charge in [0.05, 0.1) is 0 Å². The summed E-state index contributed by atoms with van der Waals surface area (Å²) in [6.45, 7) is 1.80. The lowest BCUT2D eigenvalue weighted by Crippen LogP contribution is -2.34. The molecule has 7 heteroatoms. The highest BCUT2D eigenvalue weighted by molar-refractivity contribution is 7.89. The lowest BCUT2D eigenvalue weighted by atomic mass is 10.1. The van der Waals surface area contributed by atoms with Gasteiger partial charge >= 0.3 is 0 Å². The fourth-order valence-electron chi connectivity index (χ4n) is 1.87. The highest BCUT2D eigenvalue weighted by Gasteiger charge is 2.17. The molecule has 1 N–H and O–H groups in total. The van der Waals surface area contributed by atoms with Crippen LogP contribution in [0.1, 0.15) is 12.5 Å². The fourth-order valence-corrected chi connectivity index (χ4v) is 3.30. The van der Waals surface area contributed by atoms with Gasteiger partial charge in [-0.2, -0.15) is 0 Å². The van der Waals surface area contributed by atoms with Crippen LogP contribution in [0.25, 0.3) is 0 Å². The molecule has 112 valence electrons. The van der Waals surface area contributed by atoms with Gasteiger partial charge in [-0.3, -0.25) is 0 Å². The molecule has 1 atom stereocenters.